The number of halogens is 1. The van der Waals surface area contributed by atoms with Crippen molar-refractivity contribution in [1.29, 1.82) is 0 Å². The molecule has 5 nitrogen and oxygen atoms in total. The third kappa shape index (κ3) is 6.25. The Bertz CT molecular complexity index is 1050. The Balaban J connectivity index is 1.28. The van der Waals surface area contributed by atoms with Gasteiger partial charge in [0.25, 0.3) is 0 Å². The quantitative estimate of drug-likeness (QED) is 0.468. The van der Waals surface area contributed by atoms with Crippen LogP contribution in [0.3, 0.4) is 0 Å². The van der Waals surface area contributed by atoms with Crippen LogP contribution in [0.5, 0.6) is 0 Å². The number of rotatable bonds is 6. The van der Waals surface area contributed by atoms with E-state index < -0.39 is 0 Å². The molecule has 1 saturated heterocycles. The number of ether oxygens (including phenoxy) is 1. The number of hydrogen-bond acceptors (Lipinski definition) is 5. The molecule has 32 heavy (non-hydrogen) atoms. The van der Waals surface area contributed by atoms with Crippen molar-refractivity contribution in [2.45, 2.75) is 29.9 Å². The van der Waals surface area contributed by atoms with E-state index in [0.29, 0.717) is 13.1 Å². The third-order valence-corrected chi connectivity index (χ3v) is 6.71. The van der Waals surface area contributed by atoms with Gasteiger partial charge in [-0.3, -0.25) is 9.88 Å². The average Bonchev–Trinajstić information content (AvgIpc) is 2.81. The molecule has 1 aromatic heterocycles. The summed E-state index contributed by atoms with van der Waals surface area (Å²) in [5.74, 6) is 0. The minimum Gasteiger partial charge on any atom is -0.443 e. The van der Waals surface area contributed by atoms with Crippen LogP contribution >= 0.6 is 23.4 Å². The summed E-state index contributed by atoms with van der Waals surface area (Å²) in [6, 6.07) is 22.1. The van der Waals surface area contributed by atoms with Crippen molar-refractivity contribution in [2.75, 3.05) is 26.2 Å². The van der Waals surface area contributed by atoms with E-state index in [-0.39, 0.29) is 12.7 Å². The van der Waals surface area contributed by atoms with Gasteiger partial charge < -0.3 is 9.64 Å². The maximum Gasteiger partial charge on any atom is 0.410 e. The molecule has 0 aliphatic carbocycles. The second-order valence-electron chi connectivity index (χ2n) is 7.75. The van der Waals surface area contributed by atoms with E-state index in [9.17, 15) is 4.79 Å². The van der Waals surface area contributed by atoms with Crippen molar-refractivity contribution in [2.24, 2.45) is 0 Å². The first kappa shape index (κ1) is 22.6. The lowest BCUT2D eigenvalue weighted by molar-refractivity contribution is 0.0691. The molecule has 4 rings (SSSR count). The summed E-state index contributed by atoms with van der Waals surface area (Å²) in [6.07, 6.45) is -0.272. The van der Waals surface area contributed by atoms with Gasteiger partial charge in [-0.15, -0.1) is 0 Å². The van der Waals surface area contributed by atoms with Crippen LogP contribution in [0.2, 0.25) is 5.02 Å². The van der Waals surface area contributed by atoms with Crippen LogP contribution in [0, 0.1) is 6.92 Å². The fourth-order valence-electron chi connectivity index (χ4n) is 3.60. The van der Waals surface area contributed by atoms with Crippen molar-refractivity contribution >= 4 is 29.5 Å². The monoisotopic (exact) mass is 467 g/mol. The van der Waals surface area contributed by atoms with Crippen molar-refractivity contribution in [3.63, 3.8) is 0 Å². The van der Waals surface area contributed by atoms with Crippen molar-refractivity contribution in [1.82, 2.24) is 14.8 Å². The average molecular weight is 468 g/mol. The van der Waals surface area contributed by atoms with E-state index in [2.05, 4.69) is 34.1 Å². The van der Waals surface area contributed by atoms with Gasteiger partial charge >= 0.3 is 6.09 Å². The molecule has 1 amide bonds. The molecule has 0 bridgehead atoms. The predicted molar refractivity (Wildman–Crippen MR) is 128 cm³/mol. The number of pyridine rings is 1. The van der Waals surface area contributed by atoms with Crippen LogP contribution in [-0.4, -0.2) is 47.1 Å². The molecule has 1 aliphatic rings. The zero-order valence-electron chi connectivity index (χ0n) is 18.0. The lowest BCUT2D eigenvalue weighted by Gasteiger charge is -2.34. The molecule has 1 fully saturated rings. The van der Waals surface area contributed by atoms with Crippen LogP contribution in [0.25, 0.3) is 0 Å². The number of nitrogens with zero attached hydrogens (tertiary/aromatic N) is 3. The first-order valence-corrected chi connectivity index (χ1v) is 11.8. The molecule has 0 N–H and O–H groups in total. The zero-order valence-corrected chi connectivity index (χ0v) is 19.6. The predicted octanol–water partition coefficient (Wildman–Crippen LogP) is 5.65. The standard InChI is InChI=1S/C25H26ClN3O2S/c1-19-5-4-7-22(27-19)18-31-25(30)29-15-13-28(14-16-29)17-20-6-2-3-8-24(20)32-23-11-9-21(26)10-12-23/h2-12H,13-18H2,1H3. The number of aryl methyl sites for hydroxylation is 1. The van der Waals surface area contributed by atoms with E-state index in [4.69, 9.17) is 16.3 Å². The van der Waals surface area contributed by atoms with Gasteiger partial charge in [-0.2, -0.15) is 0 Å². The Morgan fingerprint density at radius 1 is 1.00 bits per heavy atom. The molecule has 0 radical (unpaired) electrons. The van der Waals surface area contributed by atoms with E-state index in [0.717, 1.165) is 40.9 Å². The van der Waals surface area contributed by atoms with E-state index >= 15 is 0 Å². The molecule has 7 heteroatoms. The first-order valence-electron chi connectivity index (χ1n) is 10.6. The minimum absolute atomic E-state index is 0.204. The summed E-state index contributed by atoms with van der Waals surface area (Å²) >= 11 is 7.76. The molecule has 1 aliphatic heterocycles. The molecule has 2 heterocycles. The lowest BCUT2D eigenvalue weighted by Crippen LogP contribution is -2.48. The summed E-state index contributed by atoms with van der Waals surface area (Å²) in [5.41, 5.74) is 2.97. The number of aromatic nitrogens is 1. The SMILES string of the molecule is Cc1cccc(COC(=O)N2CCN(Cc3ccccc3Sc3ccc(Cl)cc3)CC2)n1. The number of carbonyl (C=O) groups is 1. The van der Waals surface area contributed by atoms with Gasteiger partial charge in [0.2, 0.25) is 0 Å². The normalized spacial score (nSPS) is 14.4. The minimum atomic E-state index is -0.272. The van der Waals surface area contributed by atoms with Crippen LogP contribution in [0.15, 0.2) is 76.5 Å². The van der Waals surface area contributed by atoms with Gasteiger partial charge in [0.1, 0.15) is 6.61 Å². The van der Waals surface area contributed by atoms with Gasteiger partial charge in [0.05, 0.1) is 5.69 Å². The number of amides is 1. The molecular formula is C25H26ClN3O2S. The van der Waals surface area contributed by atoms with Gasteiger partial charge in [-0.1, -0.05) is 47.6 Å². The van der Waals surface area contributed by atoms with E-state index in [1.165, 1.54) is 10.5 Å². The molecule has 3 aromatic rings. The molecule has 0 atom stereocenters. The summed E-state index contributed by atoms with van der Waals surface area (Å²) in [5, 5.41) is 0.745. The highest BCUT2D eigenvalue weighted by atomic mass is 35.5. The van der Waals surface area contributed by atoms with Crippen molar-refractivity contribution < 1.29 is 9.53 Å². The Morgan fingerprint density at radius 2 is 1.75 bits per heavy atom. The van der Waals surface area contributed by atoms with E-state index in [1.54, 1.807) is 16.7 Å². The van der Waals surface area contributed by atoms with Crippen molar-refractivity contribution in [3.05, 3.63) is 88.7 Å². The number of hydrogen-bond donors (Lipinski definition) is 0. The van der Waals surface area contributed by atoms with Crippen LogP contribution < -0.4 is 0 Å². The topological polar surface area (TPSA) is 45.7 Å². The second-order valence-corrected chi connectivity index (χ2v) is 9.30. The fraction of sp³-hybridized carbons (Fsp3) is 0.280. The number of carbonyl (C=O) groups excluding carboxylic acids is 1. The summed E-state index contributed by atoms with van der Waals surface area (Å²) in [7, 11) is 0. The van der Waals surface area contributed by atoms with Gasteiger partial charge in [-0.05, 0) is 55.0 Å². The highest BCUT2D eigenvalue weighted by Crippen LogP contribution is 2.32. The highest BCUT2D eigenvalue weighted by Gasteiger charge is 2.23. The Labute approximate surface area is 198 Å². The molecule has 166 valence electrons. The summed E-state index contributed by atoms with van der Waals surface area (Å²) in [4.78, 5) is 23.4. The Hall–Kier alpha value is -2.54. The maximum atomic E-state index is 12.4. The maximum absolute atomic E-state index is 12.4. The summed E-state index contributed by atoms with van der Waals surface area (Å²) < 4.78 is 5.46. The van der Waals surface area contributed by atoms with Crippen LogP contribution in [-0.2, 0) is 17.9 Å². The Morgan fingerprint density at radius 3 is 2.50 bits per heavy atom. The molecular weight excluding hydrogens is 442 g/mol. The first-order chi connectivity index (χ1) is 15.6. The lowest BCUT2D eigenvalue weighted by atomic mass is 10.2. The van der Waals surface area contributed by atoms with E-state index in [1.807, 2.05) is 49.4 Å². The van der Waals surface area contributed by atoms with Crippen molar-refractivity contribution in [3.8, 4) is 0 Å². The number of piperazine rings is 1. The fourth-order valence-corrected chi connectivity index (χ4v) is 4.66. The Kier molecular flexibility index (Phi) is 7.68. The molecule has 0 unspecified atom stereocenters. The largest absolute Gasteiger partial charge is 0.443 e. The van der Waals surface area contributed by atoms with Gasteiger partial charge in [0, 0.05) is 53.2 Å². The molecule has 2 aromatic carbocycles. The zero-order chi connectivity index (χ0) is 22.3. The van der Waals surface area contributed by atoms with Crippen LogP contribution in [0.4, 0.5) is 4.79 Å². The smallest absolute Gasteiger partial charge is 0.410 e. The van der Waals surface area contributed by atoms with Gasteiger partial charge in [-0.25, -0.2) is 4.79 Å². The molecule has 0 saturated carbocycles. The second kappa shape index (κ2) is 10.9. The van der Waals surface area contributed by atoms with Crippen LogP contribution in [0.1, 0.15) is 17.0 Å². The molecule has 0 spiro atoms. The highest BCUT2D eigenvalue weighted by molar-refractivity contribution is 7.99. The summed E-state index contributed by atoms with van der Waals surface area (Å²) in [6.45, 7) is 5.94. The third-order valence-electron chi connectivity index (χ3n) is 5.33. The van der Waals surface area contributed by atoms with Gasteiger partial charge in [0.15, 0.2) is 0 Å². The number of benzene rings is 2.